The highest BCUT2D eigenvalue weighted by atomic mass is 79.9. The number of hydrogen-bond donors (Lipinski definition) is 0. The van der Waals surface area contributed by atoms with Gasteiger partial charge in [0.15, 0.2) is 0 Å². The van der Waals surface area contributed by atoms with E-state index in [-0.39, 0.29) is 0 Å². The van der Waals surface area contributed by atoms with Gasteiger partial charge in [0.25, 0.3) is 0 Å². The van der Waals surface area contributed by atoms with E-state index >= 15 is 0 Å². The minimum atomic E-state index is 0.645. The van der Waals surface area contributed by atoms with Gasteiger partial charge < -0.3 is 4.90 Å². The highest BCUT2D eigenvalue weighted by Crippen LogP contribution is 2.27. The lowest BCUT2D eigenvalue weighted by molar-refractivity contribution is 0.920. The van der Waals surface area contributed by atoms with Gasteiger partial charge in [-0.1, -0.05) is 23.7 Å². The smallest absolute Gasteiger partial charge is 0.0992 e. The van der Waals surface area contributed by atoms with Crippen LogP contribution in [0, 0.1) is 11.3 Å². The van der Waals surface area contributed by atoms with E-state index in [1.165, 1.54) is 0 Å². The van der Waals surface area contributed by atoms with Crippen LogP contribution in [0.4, 0.5) is 5.69 Å². The van der Waals surface area contributed by atoms with Gasteiger partial charge in [0, 0.05) is 23.1 Å². The van der Waals surface area contributed by atoms with Crippen LogP contribution in [0.3, 0.4) is 0 Å². The molecule has 2 aromatic rings. The summed E-state index contributed by atoms with van der Waals surface area (Å²) in [6.07, 6.45) is 0. The van der Waals surface area contributed by atoms with Crippen molar-refractivity contribution in [1.29, 1.82) is 5.26 Å². The Morgan fingerprint density at radius 1 is 1.26 bits per heavy atom. The predicted molar refractivity (Wildman–Crippen MR) is 82.4 cm³/mol. The summed E-state index contributed by atoms with van der Waals surface area (Å²) in [7, 11) is 2.01. The largest absolute Gasteiger partial charge is 0.369 e. The van der Waals surface area contributed by atoms with Crippen LogP contribution in [-0.4, -0.2) is 7.05 Å². The summed E-state index contributed by atoms with van der Waals surface area (Å²) >= 11 is 9.48. The predicted octanol–water partition coefficient (Wildman–Crippen LogP) is 4.61. The molecular weight excluding hydrogens is 324 g/mol. The van der Waals surface area contributed by atoms with Gasteiger partial charge in [-0.3, -0.25) is 0 Å². The second kappa shape index (κ2) is 6.10. The Morgan fingerprint density at radius 2 is 2.05 bits per heavy atom. The lowest BCUT2D eigenvalue weighted by Crippen LogP contribution is -2.16. The Hall–Kier alpha value is -1.50. The zero-order valence-corrected chi connectivity index (χ0v) is 12.7. The summed E-state index contributed by atoms with van der Waals surface area (Å²) in [6, 6.07) is 15.5. The van der Waals surface area contributed by atoms with Gasteiger partial charge in [0.2, 0.25) is 0 Å². The fraction of sp³-hybridized carbons (Fsp3) is 0.133. The molecule has 0 amide bonds. The standard InChI is InChI=1S/C15H12BrClN2/c1-19(10-12-3-2-4-13(17)7-12)15-6-5-11(9-18)8-14(15)16/h2-8H,10H2,1H3. The minimum absolute atomic E-state index is 0.645. The fourth-order valence-electron chi connectivity index (χ4n) is 1.88. The van der Waals surface area contributed by atoms with Crippen molar-refractivity contribution in [1.82, 2.24) is 0 Å². The van der Waals surface area contributed by atoms with Crippen molar-refractivity contribution in [2.45, 2.75) is 6.54 Å². The van der Waals surface area contributed by atoms with E-state index in [1.807, 2.05) is 49.5 Å². The maximum absolute atomic E-state index is 8.86. The molecule has 0 fully saturated rings. The molecule has 2 nitrogen and oxygen atoms in total. The maximum atomic E-state index is 8.86. The molecule has 2 aromatic carbocycles. The van der Waals surface area contributed by atoms with Gasteiger partial charge >= 0.3 is 0 Å². The molecular formula is C15H12BrClN2. The van der Waals surface area contributed by atoms with E-state index in [9.17, 15) is 0 Å². The first-order valence-corrected chi connectivity index (χ1v) is 6.92. The molecule has 19 heavy (non-hydrogen) atoms. The zero-order chi connectivity index (χ0) is 13.8. The van der Waals surface area contributed by atoms with Gasteiger partial charge in [-0.05, 0) is 51.8 Å². The van der Waals surface area contributed by atoms with Crippen LogP contribution in [-0.2, 0) is 6.54 Å². The zero-order valence-electron chi connectivity index (χ0n) is 10.4. The van der Waals surface area contributed by atoms with E-state index in [1.54, 1.807) is 0 Å². The summed E-state index contributed by atoms with van der Waals surface area (Å²) < 4.78 is 0.913. The first-order chi connectivity index (χ1) is 9.10. The van der Waals surface area contributed by atoms with Gasteiger partial charge in [-0.25, -0.2) is 0 Å². The second-order valence-electron chi connectivity index (χ2n) is 4.26. The third-order valence-electron chi connectivity index (χ3n) is 2.80. The molecule has 0 atom stereocenters. The first-order valence-electron chi connectivity index (χ1n) is 5.75. The number of rotatable bonds is 3. The van der Waals surface area contributed by atoms with Crippen molar-refractivity contribution in [2.24, 2.45) is 0 Å². The number of nitriles is 1. The maximum Gasteiger partial charge on any atom is 0.0992 e. The summed E-state index contributed by atoms with van der Waals surface area (Å²) in [5.41, 5.74) is 2.83. The van der Waals surface area contributed by atoms with E-state index in [4.69, 9.17) is 16.9 Å². The Morgan fingerprint density at radius 3 is 2.68 bits per heavy atom. The summed E-state index contributed by atoms with van der Waals surface area (Å²) in [5, 5.41) is 9.60. The van der Waals surface area contributed by atoms with Crippen molar-refractivity contribution in [3.63, 3.8) is 0 Å². The quantitative estimate of drug-likeness (QED) is 0.819. The molecule has 0 aromatic heterocycles. The average Bonchev–Trinajstić information content (AvgIpc) is 2.38. The van der Waals surface area contributed by atoms with Crippen LogP contribution in [0.5, 0.6) is 0 Å². The van der Waals surface area contributed by atoms with Crippen LogP contribution >= 0.6 is 27.5 Å². The SMILES string of the molecule is CN(Cc1cccc(Cl)c1)c1ccc(C#N)cc1Br. The summed E-state index contributed by atoms with van der Waals surface area (Å²) in [5.74, 6) is 0. The van der Waals surface area contributed by atoms with Crippen LogP contribution in [0.15, 0.2) is 46.9 Å². The monoisotopic (exact) mass is 334 g/mol. The van der Waals surface area contributed by atoms with Crippen LogP contribution in [0.2, 0.25) is 5.02 Å². The fourth-order valence-corrected chi connectivity index (χ4v) is 2.77. The second-order valence-corrected chi connectivity index (χ2v) is 5.55. The molecule has 0 heterocycles. The molecule has 0 aliphatic heterocycles. The van der Waals surface area contributed by atoms with Crippen molar-refractivity contribution in [3.05, 3.63) is 63.1 Å². The molecule has 0 N–H and O–H groups in total. The molecule has 0 unspecified atom stereocenters. The van der Waals surface area contributed by atoms with Crippen molar-refractivity contribution >= 4 is 33.2 Å². The van der Waals surface area contributed by atoms with E-state index in [0.717, 1.165) is 27.3 Å². The third-order valence-corrected chi connectivity index (χ3v) is 3.67. The molecule has 2 rings (SSSR count). The molecule has 0 spiro atoms. The Bertz CT molecular complexity index is 634. The van der Waals surface area contributed by atoms with E-state index in [2.05, 4.69) is 26.9 Å². The first kappa shape index (κ1) is 13.9. The average molecular weight is 336 g/mol. The molecule has 0 bridgehead atoms. The Balaban J connectivity index is 2.21. The molecule has 0 aliphatic carbocycles. The van der Waals surface area contributed by atoms with Crippen LogP contribution in [0.1, 0.15) is 11.1 Å². The minimum Gasteiger partial charge on any atom is -0.369 e. The van der Waals surface area contributed by atoms with Crippen LogP contribution < -0.4 is 4.90 Å². The normalized spacial score (nSPS) is 10.0. The number of benzene rings is 2. The van der Waals surface area contributed by atoms with Crippen molar-refractivity contribution < 1.29 is 0 Å². The lowest BCUT2D eigenvalue weighted by atomic mass is 10.2. The molecule has 0 radical (unpaired) electrons. The number of hydrogen-bond acceptors (Lipinski definition) is 2. The number of anilines is 1. The van der Waals surface area contributed by atoms with Gasteiger partial charge in [-0.2, -0.15) is 5.26 Å². The Labute approximate surface area is 126 Å². The van der Waals surface area contributed by atoms with Gasteiger partial charge in [-0.15, -0.1) is 0 Å². The van der Waals surface area contributed by atoms with Gasteiger partial charge in [0.1, 0.15) is 0 Å². The van der Waals surface area contributed by atoms with Crippen molar-refractivity contribution in [2.75, 3.05) is 11.9 Å². The molecule has 0 saturated heterocycles. The van der Waals surface area contributed by atoms with E-state index < -0.39 is 0 Å². The Kier molecular flexibility index (Phi) is 4.47. The lowest BCUT2D eigenvalue weighted by Gasteiger charge is -2.21. The molecule has 96 valence electrons. The third kappa shape index (κ3) is 3.50. The topological polar surface area (TPSA) is 27.0 Å². The number of nitrogens with zero attached hydrogens (tertiary/aromatic N) is 2. The van der Waals surface area contributed by atoms with Crippen LogP contribution in [0.25, 0.3) is 0 Å². The summed E-state index contributed by atoms with van der Waals surface area (Å²) in [4.78, 5) is 2.11. The van der Waals surface area contributed by atoms with E-state index in [0.29, 0.717) is 5.56 Å². The highest BCUT2D eigenvalue weighted by Gasteiger charge is 2.07. The summed E-state index contributed by atoms with van der Waals surface area (Å²) in [6.45, 7) is 0.755. The molecule has 0 aliphatic rings. The number of halogens is 2. The molecule has 4 heteroatoms. The van der Waals surface area contributed by atoms with Gasteiger partial charge in [0.05, 0.1) is 17.3 Å². The highest BCUT2D eigenvalue weighted by molar-refractivity contribution is 9.10. The molecule has 0 saturated carbocycles. The van der Waals surface area contributed by atoms with Crippen molar-refractivity contribution in [3.8, 4) is 6.07 Å².